The molecular weight excluding hydrogens is 320 g/mol. The van der Waals surface area contributed by atoms with E-state index in [9.17, 15) is 0 Å². The van der Waals surface area contributed by atoms with Crippen molar-refractivity contribution in [3.8, 4) is 11.1 Å². The minimum atomic E-state index is 1.04. The lowest BCUT2D eigenvalue weighted by Crippen LogP contribution is -1.92. The molecule has 0 bridgehead atoms. The Balaban J connectivity index is 2.05. The lowest BCUT2D eigenvalue weighted by atomic mass is 9.93. The molecule has 1 aliphatic carbocycles. The number of fused-ring (bicyclic) bond motifs is 2. The van der Waals surface area contributed by atoms with Gasteiger partial charge in [0.05, 0.1) is 0 Å². The average Bonchev–Trinajstić information content (AvgIpc) is 2.99. The SMILES string of the molecule is Cc1c(Br)c(-c2cccc3ccccc23)cc2c1C=CC2. The van der Waals surface area contributed by atoms with Crippen LogP contribution in [0.1, 0.15) is 16.7 Å². The number of hydrogen-bond acceptors (Lipinski definition) is 0. The van der Waals surface area contributed by atoms with Gasteiger partial charge in [0, 0.05) is 4.47 Å². The van der Waals surface area contributed by atoms with Crippen molar-refractivity contribution in [3.05, 3.63) is 75.8 Å². The van der Waals surface area contributed by atoms with Gasteiger partial charge in [-0.2, -0.15) is 0 Å². The van der Waals surface area contributed by atoms with E-state index in [-0.39, 0.29) is 0 Å². The topological polar surface area (TPSA) is 0 Å². The summed E-state index contributed by atoms with van der Waals surface area (Å²) in [5.74, 6) is 0. The maximum Gasteiger partial charge on any atom is 0.0289 e. The molecule has 0 unspecified atom stereocenters. The standard InChI is InChI=1S/C20H15Br/c1-13-16-10-5-8-15(16)12-19(20(13)21)18-11-4-7-14-6-2-3-9-17(14)18/h2-7,9-12H,8H2,1H3. The summed E-state index contributed by atoms with van der Waals surface area (Å²) < 4.78 is 1.21. The first-order chi connectivity index (χ1) is 10.3. The van der Waals surface area contributed by atoms with Crippen LogP contribution in [0.4, 0.5) is 0 Å². The van der Waals surface area contributed by atoms with Crippen molar-refractivity contribution >= 4 is 32.8 Å². The van der Waals surface area contributed by atoms with Crippen molar-refractivity contribution in [1.82, 2.24) is 0 Å². The van der Waals surface area contributed by atoms with Crippen LogP contribution in [-0.2, 0) is 6.42 Å². The minimum Gasteiger partial charge on any atom is -0.0795 e. The van der Waals surface area contributed by atoms with Gasteiger partial charge in [0.2, 0.25) is 0 Å². The first-order valence-electron chi connectivity index (χ1n) is 7.22. The number of halogens is 1. The summed E-state index contributed by atoms with van der Waals surface area (Å²) in [6.45, 7) is 2.20. The second kappa shape index (κ2) is 4.85. The first kappa shape index (κ1) is 12.8. The van der Waals surface area contributed by atoms with Crippen LogP contribution in [-0.4, -0.2) is 0 Å². The van der Waals surface area contributed by atoms with E-state index >= 15 is 0 Å². The van der Waals surface area contributed by atoms with Gasteiger partial charge >= 0.3 is 0 Å². The van der Waals surface area contributed by atoms with Crippen molar-refractivity contribution in [2.75, 3.05) is 0 Å². The smallest absolute Gasteiger partial charge is 0.0289 e. The highest BCUT2D eigenvalue weighted by molar-refractivity contribution is 9.10. The molecule has 0 saturated carbocycles. The van der Waals surface area contributed by atoms with E-state index in [0.29, 0.717) is 0 Å². The highest BCUT2D eigenvalue weighted by Crippen LogP contribution is 2.39. The Morgan fingerprint density at radius 2 is 1.76 bits per heavy atom. The van der Waals surface area contributed by atoms with Gasteiger partial charge in [-0.3, -0.25) is 0 Å². The zero-order valence-corrected chi connectivity index (χ0v) is 13.4. The van der Waals surface area contributed by atoms with E-state index < -0.39 is 0 Å². The van der Waals surface area contributed by atoms with Crippen LogP contribution < -0.4 is 0 Å². The summed E-state index contributed by atoms with van der Waals surface area (Å²) in [5.41, 5.74) is 6.75. The minimum absolute atomic E-state index is 1.04. The van der Waals surface area contributed by atoms with E-state index in [1.807, 2.05) is 0 Å². The number of rotatable bonds is 1. The fraction of sp³-hybridized carbons (Fsp3) is 0.100. The second-order valence-corrected chi connectivity index (χ2v) is 6.36. The third kappa shape index (κ3) is 1.96. The third-order valence-electron chi connectivity index (χ3n) is 4.34. The molecule has 0 heterocycles. The second-order valence-electron chi connectivity index (χ2n) is 5.57. The van der Waals surface area contributed by atoms with Crippen LogP contribution in [0.3, 0.4) is 0 Å². The molecule has 0 atom stereocenters. The van der Waals surface area contributed by atoms with E-state index in [1.165, 1.54) is 43.1 Å². The fourth-order valence-corrected chi connectivity index (χ4v) is 3.78. The van der Waals surface area contributed by atoms with Gasteiger partial charge in [0.25, 0.3) is 0 Å². The van der Waals surface area contributed by atoms with Gasteiger partial charge in [0.15, 0.2) is 0 Å². The van der Waals surface area contributed by atoms with Crippen molar-refractivity contribution in [1.29, 1.82) is 0 Å². The van der Waals surface area contributed by atoms with Crippen LogP contribution >= 0.6 is 15.9 Å². The molecule has 3 aromatic carbocycles. The molecule has 0 aliphatic heterocycles. The zero-order valence-electron chi connectivity index (χ0n) is 11.9. The van der Waals surface area contributed by atoms with Crippen molar-refractivity contribution < 1.29 is 0 Å². The quantitative estimate of drug-likeness (QED) is 0.500. The summed E-state index contributed by atoms with van der Waals surface area (Å²) in [4.78, 5) is 0. The summed E-state index contributed by atoms with van der Waals surface area (Å²) in [5, 5.41) is 2.60. The molecule has 1 aliphatic rings. The predicted molar refractivity (Wildman–Crippen MR) is 94.6 cm³/mol. The largest absolute Gasteiger partial charge is 0.0795 e. The molecule has 0 saturated heterocycles. The Bertz CT molecular complexity index is 882. The normalized spacial score (nSPS) is 12.9. The average molecular weight is 335 g/mol. The molecular formula is C20H15Br. The highest BCUT2D eigenvalue weighted by atomic mass is 79.9. The van der Waals surface area contributed by atoms with Gasteiger partial charge < -0.3 is 0 Å². The van der Waals surface area contributed by atoms with E-state index in [2.05, 4.69) is 83.5 Å². The van der Waals surface area contributed by atoms with Crippen LogP contribution in [0.25, 0.3) is 28.0 Å². The van der Waals surface area contributed by atoms with Gasteiger partial charge in [0.1, 0.15) is 0 Å². The molecule has 0 radical (unpaired) electrons. The molecule has 1 heteroatoms. The Kier molecular flexibility index (Phi) is 2.97. The summed E-state index contributed by atoms with van der Waals surface area (Å²) in [6, 6.07) is 17.5. The van der Waals surface area contributed by atoms with Gasteiger partial charge in [-0.1, -0.05) is 54.6 Å². The lowest BCUT2D eigenvalue weighted by molar-refractivity contribution is 1.27. The summed E-state index contributed by atoms with van der Waals surface area (Å²) in [6.07, 6.45) is 5.53. The van der Waals surface area contributed by atoms with Gasteiger partial charge in [-0.15, -0.1) is 0 Å². The molecule has 0 aromatic heterocycles. The molecule has 0 N–H and O–H groups in total. The molecule has 4 rings (SSSR count). The molecule has 0 spiro atoms. The number of benzene rings is 3. The summed E-state index contributed by atoms with van der Waals surface area (Å²) >= 11 is 3.82. The Morgan fingerprint density at radius 1 is 0.952 bits per heavy atom. The molecule has 21 heavy (non-hydrogen) atoms. The lowest BCUT2D eigenvalue weighted by Gasteiger charge is -2.14. The molecule has 0 fully saturated rings. The number of allylic oxidation sites excluding steroid dienone is 1. The van der Waals surface area contributed by atoms with E-state index in [1.54, 1.807) is 0 Å². The Morgan fingerprint density at radius 3 is 2.67 bits per heavy atom. The van der Waals surface area contributed by atoms with E-state index in [0.717, 1.165) is 6.42 Å². The van der Waals surface area contributed by atoms with Crippen LogP contribution in [0.2, 0.25) is 0 Å². The summed E-state index contributed by atoms with van der Waals surface area (Å²) in [7, 11) is 0. The fourth-order valence-electron chi connectivity index (χ4n) is 3.24. The maximum absolute atomic E-state index is 3.82. The van der Waals surface area contributed by atoms with Crippen molar-refractivity contribution in [2.45, 2.75) is 13.3 Å². The van der Waals surface area contributed by atoms with Crippen LogP contribution in [0, 0.1) is 6.92 Å². The zero-order chi connectivity index (χ0) is 14.4. The highest BCUT2D eigenvalue weighted by Gasteiger charge is 2.16. The van der Waals surface area contributed by atoms with Crippen molar-refractivity contribution in [3.63, 3.8) is 0 Å². The Labute approximate surface area is 133 Å². The predicted octanol–water partition coefficient (Wildman–Crippen LogP) is 6.15. The van der Waals surface area contributed by atoms with Crippen molar-refractivity contribution in [2.24, 2.45) is 0 Å². The van der Waals surface area contributed by atoms with E-state index in [4.69, 9.17) is 0 Å². The molecule has 0 amide bonds. The first-order valence-corrected chi connectivity index (χ1v) is 8.01. The monoisotopic (exact) mass is 334 g/mol. The van der Waals surface area contributed by atoms with Crippen LogP contribution in [0.15, 0.2) is 59.1 Å². The third-order valence-corrected chi connectivity index (χ3v) is 5.36. The number of hydrogen-bond donors (Lipinski definition) is 0. The van der Waals surface area contributed by atoms with Gasteiger partial charge in [-0.05, 0) is 73.9 Å². The Hall–Kier alpha value is -1.86. The molecule has 3 aromatic rings. The van der Waals surface area contributed by atoms with Crippen LogP contribution in [0.5, 0.6) is 0 Å². The molecule has 0 nitrogen and oxygen atoms in total. The van der Waals surface area contributed by atoms with Gasteiger partial charge in [-0.25, -0.2) is 0 Å². The molecule has 102 valence electrons. The maximum atomic E-state index is 3.82.